The average Bonchev–Trinajstić information content (AvgIpc) is 3.53. The Balaban J connectivity index is 1.49. The first-order valence-electron chi connectivity index (χ1n) is 10.3. The molecule has 1 atom stereocenters. The molecule has 1 heterocycles. The summed E-state index contributed by atoms with van der Waals surface area (Å²) in [6, 6.07) is 9.11. The second-order valence-electron chi connectivity index (χ2n) is 7.48. The zero-order valence-corrected chi connectivity index (χ0v) is 16.9. The molecule has 1 unspecified atom stereocenters. The lowest BCUT2D eigenvalue weighted by Crippen LogP contribution is -2.49. The molecule has 0 aromatic heterocycles. The third kappa shape index (κ3) is 6.03. The highest BCUT2D eigenvalue weighted by molar-refractivity contribution is 5.80. The van der Waals surface area contributed by atoms with Crippen LogP contribution in [0.15, 0.2) is 29.3 Å². The van der Waals surface area contributed by atoms with Gasteiger partial charge < -0.3 is 25.0 Å². The van der Waals surface area contributed by atoms with Crippen molar-refractivity contribution in [1.82, 2.24) is 15.5 Å². The van der Waals surface area contributed by atoms with E-state index in [9.17, 15) is 0 Å². The van der Waals surface area contributed by atoms with Crippen LogP contribution in [0.5, 0.6) is 11.5 Å². The van der Waals surface area contributed by atoms with E-state index in [-0.39, 0.29) is 6.10 Å². The molecule has 1 saturated heterocycles. The minimum Gasteiger partial charge on any atom is -0.493 e. The van der Waals surface area contributed by atoms with Gasteiger partial charge in [0.05, 0.1) is 13.7 Å². The van der Waals surface area contributed by atoms with Gasteiger partial charge in [-0.3, -0.25) is 0 Å². The predicted molar refractivity (Wildman–Crippen MR) is 110 cm³/mol. The predicted octanol–water partition coefficient (Wildman–Crippen LogP) is 2.64. The topological polar surface area (TPSA) is 58.1 Å². The van der Waals surface area contributed by atoms with E-state index in [1.807, 2.05) is 31.2 Å². The van der Waals surface area contributed by atoms with Crippen LogP contribution in [0.3, 0.4) is 0 Å². The molecule has 0 spiro atoms. The van der Waals surface area contributed by atoms with Crippen LogP contribution in [0.2, 0.25) is 0 Å². The molecule has 3 rings (SSSR count). The summed E-state index contributed by atoms with van der Waals surface area (Å²) in [4.78, 5) is 7.38. The van der Waals surface area contributed by atoms with Crippen molar-refractivity contribution < 1.29 is 9.47 Å². The molecule has 1 saturated carbocycles. The Morgan fingerprint density at radius 1 is 1.19 bits per heavy atom. The molecule has 27 heavy (non-hydrogen) atoms. The molecular formula is C21H34N4O2. The minimum absolute atomic E-state index is 0.0338. The fourth-order valence-electron chi connectivity index (χ4n) is 3.55. The number of likely N-dealkylation sites (tertiary alicyclic amines) is 1. The van der Waals surface area contributed by atoms with E-state index in [0.29, 0.717) is 12.6 Å². The van der Waals surface area contributed by atoms with Gasteiger partial charge in [0.25, 0.3) is 0 Å². The number of methoxy groups -OCH3 is 1. The average molecular weight is 375 g/mol. The molecule has 2 N–H and O–H groups in total. The van der Waals surface area contributed by atoms with Crippen molar-refractivity contribution in [2.75, 3.05) is 33.3 Å². The number of hydrogen-bond donors (Lipinski definition) is 2. The second-order valence-corrected chi connectivity index (χ2v) is 7.48. The van der Waals surface area contributed by atoms with Crippen LogP contribution in [-0.4, -0.2) is 62.3 Å². The quantitative estimate of drug-likeness (QED) is 0.541. The first-order chi connectivity index (χ1) is 13.2. The van der Waals surface area contributed by atoms with Gasteiger partial charge in [-0.1, -0.05) is 12.1 Å². The summed E-state index contributed by atoms with van der Waals surface area (Å²) in [5.41, 5.74) is 0. The largest absolute Gasteiger partial charge is 0.493 e. The molecule has 0 bridgehead atoms. The lowest BCUT2D eigenvalue weighted by Gasteiger charge is -2.33. The molecule has 1 aliphatic heterocycles. The number of hydrogen-bond acceptors (Lipinski definition) is 4. The van der Waals surface area contributed by atoms with E-state index in [0.717, 1.165) is 30.0 Å². The maximum atomic E-state index is 6.01. The molecule has 1 aromatic carbocycles. The molecule has 6 heteroatoms. The summed E-state index contributed by atoms with van der Waals surface area (Å²) in [6.07, 6.45) is 5.13. The zero-order chi connectivity index (χ0) is 19.1. The van der Waals surface area contributed by atoms with E-state index in [1.165, 1.54) is 38.8 Å². The third-order valence-corrected chi connectivity index (χ3v) is 5.18. The van der Waals surface area contributed by atoms with Gasteiger partial charge in [0.1, 0.15) is 6.10 Å². The van der Waals surface area contributed by atoms with Gasteiger partial charge >= 0.3 is 0 Å². The number of nitrogens with zero attached hydrogens (tertiary/aromatic N) is 2. The number of ether oxygens (including phenoxy) is 2. The van der Waals surface area contributed by atoms with Gasteiger partial charge in [-0.15, -0.1) is 0 Å². The minimum atomic E-state index is -0.0338. The number of rotatable bonds is 8. The highest BCUT2D eigenvalue weighted by Gasteiger charge is 2.31. The number of guanidine groups is 1. The summed E-state index contributed by atoms with van der Waals surface area (Å²) in [5.74, 6) is 2.40. The van der Waals surface area contributed by atoms with Crippen LogP contribution in [0, 0.1) is 0 Å². The highest BCUT2D eigenvalue weighted by atomic mass is 16.5. The second kappa shape index (κ2) is 9.83. The van der Waals surface area contributed by atoms with Crippen molar-refractivity contribution in [3.8, 4) is 11.5 Å². The molecule has 1 aliphatic carbocycles. The Labute approximate surface area is 163 Å². The summed E-state index contributed by atoms with van der Waals surface area (Å²) < 4.78 is 11.4. The van der Waals surface area contributed by atoms with E-state index in [4.69, 9.17) is 14.5 Å². The molecule has 2 fully saturated rings. The lowest BCUT2D eigenvalue weighted by molar-refractivity contribution is 0.197. The van der Waals surface area contributed by atoms with Crippen molar-refractivity contribution in [1.29, 1.82) is 0 Å². The number of benzene rings is 1. The maximum absolute atomic E-state index is 6.01. The monoisotopic (exact) mass is 374 g/mol. The number of nitrogens with one attached hydrogen (secondary N) is 2. The van der Waals surface area contributed by atoms with E-state index < -0.39 is 0 Å². The highest BCUT2D eigenvalue weighted by Crippen LogP contribution is 2.29. The van der Waals surface area contributed by atoms with E-state index in [1.54, 1.807) is 7.11 Å². The van der Waals surface area contributed by atoms with Gasteiger partial charge in [-0.25, -0.2) is 4.99 Å². The zero-order valence-electron chi connectivity index (χ0n) is 16.9. The summed E-state index contributed by atoms with van der Waals surface area (Å²) in [7, 11) is 1.66. The number of piperidine rings is 1. The SMILES string of the molecule is CCNC(=NCC(C)Oc1ccccc1OC)NC1CCN(C2CC2)CC1. The normalized spacial score (nSPS) is 20.2. The Hall–Kier alpha value is -1.95. The van der Waals surface area contributed by atoms with Crippen molar-refractivity contribution >= 4 is 5.96 Å². The Morgan fingerprint density at radius 2 is 1.89 bits per heavy atom. The summed E-state index contributed by atoms with van der Waals surface area (Å²) >= 11 is 0. The molecule has 2 aliphatic rings. The van der Waals surface area contributed by atoms with Crippen LogP contribution in [0.4, 0.5) is 0 Å². The molecule has 150 valence electrons. The van der Waals surface area contributed by atoms with E-state index >= 15 is 0 Å². The molecule has 6 nitrogen and oxygen atoms in total. The Kier molecular flexibility index (Phi) is 7.21. The van der Waals surface area contributed by atoms with Gasteiger partial charge in [0.2, 0.25) is 0 Å². The van der Waals surface area contributed by atoms with Crippen LogP contribution < -0.4 is 20.1 Å². The smallest absolute Gasteiger partial charge is 0.191 e. The number of para-hydroxylation sites is 2. The van der Waals surface area contributed by atoms with Gasteiger partial charge in [0.15, 0.2) is 17.5 Å². The summed E-state index contributed by atoms with van der Waals surface area (Å²) in [6.45, 7) is 7.99. The Morgan fingerprint density at radius 3 is 2.52 bits per heavy atom. The molecule has 0 amide bonds. The first-order valence-corrected chi connectivity index (χ1v) is 10.3. The number of aliphatic imine (C=N–C) groups is 1. The van der Waals surface area contributed by atoms with Crippen molar-refractivity contribution in [3.05, 3.63) is 24.3 Å². The van der Waals surface area contributed by atoms with Gasteiger partial charge in [0, 0.05) is 31.7 Å². The first kappa shape index (κ1) is 19.8. The fourth-order valence-corrected chi connectivity index (χ4v) is 3.55. The van der Waals surface area contributed by atoms with Gasteiger partial charge in [-0.05, 0) is 51.7 Å². The summed E-state index contributed by atoms with van der Waals surface area (Å²) in [5, 5.41) is 6.97. The fraction of sp³-hybridized carbons (Fsp3) is 0.667. The van der Waals surface area contributed by atoms with Crippen molar-refractivity contribution in [2.24, 2.45) is 4.99 Å². The van der Waals surface area contributed by atoms with Crippen LogP contribution in [0.25, 0.3) is 0 Å². The van der Waals surface area contributed by atoms with Crippen LogP contribution in [-0.2, 0) is 0 Å². The van der Waals surface area contributed by atoms with Crippen molar-refractivity contribution in [3.63, 3.8) is 0 Å². The van der Waals surface area contributed by atoms with Crippen molar-refractivity contribution in [2.45, 2.75) is 57.7 Å². The third-order valence-electron chi connectivity index (χ3n) is 5.18. The van der Waals surface area contributed by atoms with Gasteiger partial charge in [-0.2, -0.15) is 0 Å². The lowest BCUT2D eigenvalue weighted by atomic mass is 10.1. The molecule has 0 radical (unpaired) electrons. The van der Waals surface area contributed by atoms with Crippen LogP contribution in [0.1, 0.15) is 39.5 Å². The standard InChI is InChI=1S/C21H34N4O2/c1-4-22-21(24-17-11-13-25(14-12-17)18-9-10-18)23-15-16(2)27-20-8-6-5-7-19(20)26-3/h5-8,16-18H,4,9-15H2,1-3H3,(H2,22,23,24). The maximum Gasteiger partial charge on any atom is 0.191 e. The molecular weight excluding hydrogens is 340 g/mol. The molecule has 1 aromatic rings. The van der Waals surface area contributed by atoms with Crippen LogP contribution >= 0.6 is 0 Å². The van der Waals surface area contributed by atoms with E-state index in [2.05, 4.69) is 22.5 Å². The Bertz CT molecular complexity index is 610.